The summed E-state index contributed by atoms with van der Waals surface area (Å²) in [6.07, 6.45) is 6.36. The lowest BCUT2D eigenvalue weighted by atomic mass is 9.46. The SMILES string of the molecule is CC(=O)OCC(=O)[C@]1(O)[C@@H](OC(C)=O)C[C@H]2[C@@H]3CC=C4C[C@@H](OC(C)=O)CC[C@]4(C)[C@H]3CC[C@@]21C. The number of rotatable bonds is 5. The van der Waals surface area contributed by atoms with Gasteiger partial charge in [0.1, 0.15) is 12.2 Å². The van der Waals surface area contributed by atoms with Crippen LogP contribution in [0.25, 0.3) is 0 Å². The van der Waals surface area contributed by atoms with E-state index in [0.717, 1.165) is 32.1 Å². The fraction of sp³-hybridized carbons (Fsp3) is 0.778. The predicted molar refractivity (Wildman–Crippen MR) is 125 cm³/mol. The number of hydrogen-bond acceptors (Lipinski definition) is 8. The second kappa shape index (κ2) is 9.02. The van der Waals surface area contributed by atoms with E-state index in [1.807, 2.05) is 6.92 Å². The van der Waals surface area contributed by atoms with Crippen LogP contribution in [0.5, 0.6) is 0 Å². The van der Waals surface area contributed by atoms with Crippen molar-refractivity contribution in [2.45, 2.75) is 97.4 Å². The third-order valence-electron chi connectivity index (χ3n) is 9.73. The number of carbonyl (C=O) groups is 4. The zero-order valence-electron chi connectivity index (χ0n) is 21.4. The van der Waals surface area contributed by atoms with Gasteiger partial charge in [0.15, 0.2) is 12.2 Å². The van der Waals surface area contributed by atoms with Crippen LogP contribution in [0.3, 0.4) is 0 Å². The maximum absolute atomic E-state index is 13.3. The van der Waals surface area contributed by atoms with Crippen LogP contribution in [-0.4, -0.2) is 53.2 Å². The molecule has 0 unspecified atom stereocenters. The molecule has 194 valence electrons. The van der Waals surface area contributed by atoms with Crippen LogP contribution in [0, 0.1) is 28.6 Å². The standard InChI is InChI=1S/C27H38O8/c1-15(28)33-14-23(31)27(32)24(35-17(3)30)13-22-20-7-6-18-12-19(34-16(2)29)8-10-25(18,4)21(20)9-11-26(22,27)5/h6,19-22,24,32H,7-14H2,1-5H3/t19-,20+,21-,22-,24-,25-,26-,27-/m0/s1. The third-order valence-corrected chi connectivity index (χ3v) is 9.73. The van der Waals surface area contributed by atoms with Crippen molar-refractivity contribution in [2.75, 3.05) is 6.61 Å². The molecule has 0 heterocycles. The Morgan fingerprint density at radius 3 is 2.29 bits per heavy atom. The van der Waals surface area contributed by atoms with E-state index in [2.05, 4.69) is 13.0 Å². The van der Waals surface area contributed by atoms with Gasteiger partial charge in [-0.15, -0.1) is 0 Å². The number of carbonyl (C=O) groups excluding carboxylic acids is 4. The fourth-order valence-corrected chi connectivity index (χ4v) is 8.07. The molecule has 3 saturated carbocycles. The van der Waals surface area contributed by atoms with Gasteiger partial charge in [-0.2, -0.15) is 0 Å². The molecule has 8 atom stereocenters. The molecule has 35 heavy (non-hydrogen) atoms. The summed E-state index contributed by atoms with van der Waals surface area (Å²) < 4.78 is 16.0. The number of ketones is 1. The van der Waals surface area contributed by atoms with Gasteiger partial charge in [0, 0.05) is 32.6 Å². The maximum Gasteiger partial charge on any atom is 0.303 e. The summed E-state index contributed by atoms with van der Waals surface area (Å²) in [6.45, 7) is 7.64. The van der Waals surface area contributed by atoms with Gasteiger partial charge in [-0.3, -0.25) is 19.2 Å². The Bertz CT molecular complexity index is 955. The number of esters is 3. The van der Waals surface area contributed by atoms with Gasteiger partial charge in [0.25, 0.3) is 0 Å². The molecule has 0 aromatic rings. The highest BCUT2D eigenvalue weighted by molar-refractivity contribution is 5.92. The molecule has 0 aromatic heterocycles. The average molecular weight is 491 g/mol. The minimum Gasteiger partial charge on any atom is -0.462 e. The highest BCUT2D eigenvalue weighted by Gasteiger charge is 2.71. The van der Waals surface area contributed by atoms with E-state index >= 15 is 0 Å². The van der Waals surface area contributed by atoms with E-state index in [0.29, 0.717) is 18.8 Å². The van der Waals surface area contributed by atoms with Gasteiger partial charge < -0.3 is 19.3 Å². The lowest BCUT2D eigenvalue weighted by molar-refractivity contribution is -0.189. The summed E-state index contributed by atoms with van der Waals surface area (Å²) in [4.78, 5) is 48.1. The summed E-state index contributed by atoms with van der Waals surface area (Å²) in [5.74, 6) is -1.45. The van der Waals surface area contributed by atoms with E-state index < -0.39 is 41.4 Å². The van der Waals surface area contributed by atoms with Crippen molar-refractivity contribution < 1.29 is 38.5 Å². The Balaban J connectivity index is 1.65. The van der Waals surface area contributed by atoms with Gasteiger partial charge in [0.05, 0.1) is 0 Å². The Hall–Kier alpha value is -2.22. The quantitative estimate of drug-likeness (QED) is 0.355. The van der Waals surface area contributed by atoms with Crippen molar-refractivity contribution in [3.05, 3.63) is 11.6 Å². The molecule has 0 saturated heterocycles. The van der Waals surface area contributed by atoms with Crippen molar-refractivity contribution in [1.82, 2.24) is 0 Å². The van der Waals surface area contributed by atoms with Gasteiger partial charge in [-0.25, -0.2) is 0 Å². The zero-order valence-corrected chi connectivity index (χ0v) is 21.4. The maximum atomic E-state index is 13.3. The fourth-order valence-electron chi connectivity index (χ4n) is 8.07. The normalized spacial score (nSPS) is 42.0. The second-order valence-corrected chi connectivity index (χ2v) is 11.5. The van der Waals surface area contributed by atoms with Crippen LogP contribution >= 0.6 is 0 Å². The van der Waals surface area contributed by atoms with Crippen molar-refractivity contribution in [1.29, 1.82) is 0 Å². The van der Waals surface area contributed by atoms with Gasteiger partial charge >= 0.3 is 17.9 Å². The molecular formula is C27H38O8. The summed E-state index contributed by atoms with van der Waals surface area (Å²) in [7, 11) is 0. The summed E-state index contributed by atoms with van der Waals surface area (Å²) >= 11 is 0. The van der Waals surface area contributed by atoms with E-state index in [9.17, 15) is 24.3 Å². The van der Waals surface area contributed by atoms with Gasteiger partial charge in [-0.1, -0.05) is 25.5 Å². The zero-order chi connectivity index (χ0) is 25.8. The monoisotopic (exact) mass is 490 g/mol. The molecule has 0 amide bonds. The van der Waals surface area contributed by atoms with Gasteiger partial charge in [-0.05, 0) is 61.7 Å². The first kappa shape index (κ1) is 25.9. The molecule has 8 heteroatoms. The highest BCUT2D eigenvalue weighted by atomic mass is 16.6. The number of Topliss-reactive ketones (excluding diaryl/α,β-unsaturated/α-hetero) is 1. The first-order valence-electron chi connectivity index (χ1n) is 12.8. The summed E-state index contributed by atoms with van der Waals surface area (Å²) in [5.41, 5.74) is -1.40. The molecule has 0 spiro atoms. The van der Waals surface area contributed by atoms with Crippen molar-refractivity contribution in [3.8, 4) is 0 Å². The van der Waals surface area contributed by atoms with Gasteiger partial charge in [0.2, 0.25) is 5.78 Å². The lowest BCUT2D eigenvalue weighted by Crippen LogP contribution is -2.61. The van der Waals surface area contributed by atoms with Crippen LogP contribution in [0.15, 0.2) is 11.6 Å². The first-order chi connectivity index (χ1) is 16.3. The van der Waals surface area contributed by atoms with Crippen LogP contribution in [0.4, 0.5) is 0 Å². The first-order valence-corrected chi connectivity index (χ1v) is 12.8. The Labute approximate surface area is 206 Å². The molecule has 4 aliphatic carbocycles. The second-order valence-electron chi connectivity index (χ2n) is 11.5. The molecule has 0 aliphatic heterocycles. The number of hydrogen-bond donors (Lipinski definition) is 1. The van der Waals surface area contributed by atoms with Crippen LogP contribution in [-0.2, 0) is 33.4 Å². The van der Waals surface area contributed by atoms with E-state index in [1.54, 1.807) is 0 Å². The topological polar surface area (TPSA) is 116 Å². The van der Waals surface area contributed by atoms with Crippen molar-refractivity contribution in [2.24, 2.45) is 28.6 Å². The molecule has 3 fully saturated rings. The minimum atomic E-state index is -1.92. The Morgan fingerprint density at radius 1 is 0.971 bits per heavy atom. The van der Waals surface area contributed by atoms with Crippen LogP contribution in [0.2, 0.25) is 0 Å². The molecule has 0 bridgehead atoms. The number of allylic oxidation sites excluding steroid dienone is 1. The number of fused-ring (bicyclic) bond motifs is 5. The minimum absolute atomic E-state index is 0.0275. The predicted octanol–water partition coefficient (Wildman–Crippen LogP) is 3.29. The molecule has 1 N–H and O–H groups in total. The number of ether oxygens (including phenoxy) is 3. The molecule has 4 aliphatic rings. The third kappa shape index (κ3) is 4.11. The Morgan fingerprint density at radius 2 is 1.66 bits per heavy atom. The van der Waals surface area contributed by atoms with E-state index in [-0.39, 0.29) is 29.3 Å². The smallest absolute Gasteiger partial charge is 0.303 e. The largest absolute Gasteiger partial charge is 0.462 e. The van der Waals surface area contributed by atoms with Crippen LogP contribution in [0.1, 0.15) is 79.6 Å². The van der Waals surface area contributed by atoms with Crippen molar-refractivity contribution >= 4 is 23.7 Å². The summed E-state index contributed by atoms with van der Waals surface area (Å²) in [5, 5.41) is 12.0. The summed E-state index contributed by atoms with van der Waals surface area (Å²) in [6, 6.07) is 0. The lowest BCUT2D eigenvalue weighted by Gasteiger charge is -2.58. The molecule has 8 nitrogen and oxygen atoms in total. The van der Waals surface area contributed by atoms with Crippen LogP contribution < -0.4 is 0 Å². The number of aliphatic hydroxyl groups is 1. The molecular weight excluding hydrogens is 452 g/mol. The molecule has 0 radical (unpaired) electrons. The highest BCUT2D eigenvalue weighted by Crippen LogP contribution is 2.67. The van der Waals surface area contributed by atoms with E-state index in [1.165, 1.54) is 26.3 Å². The molecule has 4 rings (SSSR count). The van der Waals surface area contributed by atoms with Crippen molar-refractivity contribution in [3.63, 3.8) is 0 Å². The van der Waals surface area contributed by atoms with E-state index in [4.69, 9.17) is 14.2 Å². The average Bonchev–Trinajstić information content (AvgIpc) is 2.99. The Kier molecular flexibility index (Phi) is 6.66. The molecule has 0 aromatic carbocycles.